The number of imidazole rings is 1. The van der Waals surface area contributed by atoms with Crippen molar-refractivity contribution in [2.45, 2.75) is 33.6 Å². The summed E-state index contributed by atoms with van der Waals surface area (Å²) in [5.74, 6) is 2.01. The van der Waals surface area contributed by atoms with Gasteiger partial charge in [-0.15, -0.1) is 0 Å². The molecule has 0 saturated heterocycles. The van der Waals surface area contributed by atoms with Gasteiger partial charge in [0.05, 0.1) is 5.69 Å². The summed E-state index contributed by atoms with van der Waals surface area (Å²) in [4.78, 5) is 8.47. The van der Waals surface area contributed by atoms with Crippen molar-refractivity contribution in [3.05, 3.63) is 71.4 Å². The van der Waals surface area contributed by atoms with Gasteiger partial charge in [-0.05, 0) is 49.1 Å². The van der Waals surface area contributed by atoms with E-state index in [9.17, 15) is 5.21 Å². The molecular formula is C20H22N4O2. The lowest BCUT2D eigenvalue weighted by Gasteiger charge is -2.11. The molecule has 0 bridgehead atoms. The van der Waals surface area contributed by atoms with Gasteiger partial charge in [0.2, 0.25) is 5.88 Å². The van der Waals surface area contributed by atoms with Crippen molar-refractivity contribution in [2.24, 2.45) is 5.16 Å². The van der Waals surface area contributed by atoms with Crippen molar-refractivity contribution in [1.82, 2.24) is 14.5 Å². The molecule has 0 aliphatic heterocycles. The highest BCUT2D eigenvalue weighted by molar-refractivity contribution is 5.99. The zero-order valence-electron chi connectivity index (χ0n) is 15.3. The smallest absolute Gasteiger partial charge is 0.219 e. The maximum atomic E-state index is 9.34. The highest BCUT2D eigenvalue weighted by Crippen LogP contribution is 2.26. The summed E-state index contributed by atoms with van der Waals surface area (Å²) in [7, 11) is 0. The lowest BCUT2D eigenvalue weighted by Crippen LogP contribution is -2.12. The van der Waals surface area contributed by atoms with Crippen molar-refractivity contribution in [2.75, 3.05) is 0 Å². The molecule has 0 radical (unpaired) electrons. The molecule has 0 saturated carbocycles. The number of hydrogen-bond donors (Lipinski definition) is 1. The van der Waals surface area contributed by atoms with Crippen LogP contribution >= 0.6 is 0 Å². The van der Waals surface area contributed by atoms with Gasteiger partial charge in [0.1, 0.15) is 12.1 Å². The number of pyridine rings is 1. The second-order valence-corrected chi connectivity index (χ2v) is 6.57. The molecule has 134 valence electrons. The molecule has 0 amide bonds. The number of aryl methyl sites for hydroxylation is 2. The molecule has 26 heavy (non-hydrogen) atoms. The van der Waals surface area contributed by atoms with Crippen molar-refractivity contribution < 1.29 is 9.94 Å². The molecule has 1 aromatic carbocycles. The Labute approximate surface area is 152 Å². The zero-order valence-corrected chi connectivity index (χ0v) is 15.3. The molecule has 3 aromatic rings. The SMILES string of the molecule is Cc1cc(Oc2ccc(/C(=N/O)n3cnc(C)c3)cn2)cc(C(C)C)c1. The molecule has 3 rings (SSSR count). The minimum atomic E-state index is 0.349. The number of ether oxygens (including phenoxy) is 1. The van der Waals surface area contributed by atoms with Crippen LogP contribution in [-0.2, 0) is 0 Å². The van der Waals surface area contributed by atoms with E-state index >= 15 is 0 Å². The predicted octanol–water partition coefficient (Wildman–Crippen LogP) is 4.49. The Morgan fingerprint density at radius 1 is 1.15 bits per heavy atom. The summed E-state index contributed by atoms with van der Waals surface area (Å²) < 4.78 is 7.54. The molecule has 0 fully saturated rings. The third-order valence-corrected chi connectivity index (χ3v) is 4.01. The van der Waals surface area contributed by atoms with Crippen LogP contribution in [-0.4, -0.2) is 25.6 Å². The van der Waals surface area contributed by atoms with Gasteiger partial charge >= 0.3 is 0 Å². The number of nitrogens with zero attached hydrogens (tertiary/aromatic N) is 4. The normalized spacial score (nSPS) is 11.8. The number of aromatic nitrogens is 3. The molecule has 1 N–H and O–H groups in total. The molecule has 0 spiro atoms. The topological polar surface area (TPSA) is 72.5 Å². The first-order valence-corrected chi connectivity index (χ1v) is 8.45. The maximum absolute atomic E-state index is 9.34. The standard InChI is InChI=1S/C20H22N4O2/c1-13(2)17-7-14(3)8-18(9-17)26-19-6-5-16(10-21-19)20(23-25)24-11-15(4)22-12-24/h5-13,25H,1-4H3/b23-20-. The van der Waals surface area contributed by atoms with E-state index in [1.54, 1.807) is 35.4 Å². The molecule has 6 heteroatoms. The number of benzene rings is 1. The monoisotopic (exact) mass is 350 g/mol. The Morgan fingerprint density at radius 3 is 2.54 bits per heavy atom. The molecular weight excluding hydrogens is 328 g/mol. The van der Waals surface area contributed by atoms with Crippen molar-refractivity contribution in [3.63, 3.8) is 0 Å². The average molecular weight is 350 g/mol. The summed E-state index contributed by atoms with van der Waals surface area (Å²) >= 11 is 0. The number of oxime groups is 1. The van der Waals surface area contributed by atoms with Crippen molar-refractivity contribution >= 4 is 5.84 Å². The summed E-state index contributed by atoms with van der Waals surface area (Å²) in [5.41, 5.74) is 3.86. The van der Waals surface area contributed by atoms with Gasteiger partial charge in [0, 0.05) is 24.0 Å². The average Bonchev–Trinajstić information content (AvgIpc) is 3.02. The van der Waals surface area contributed by atoms with Gasteiger partial charge in [-0.2, -0.15) is 0 Å². The lowest BCUT2D eigenvalue weighted by atomic mass is 10.0. The molecule has 2 aromatic heterocycles. The van der Waals surface area contributed by atoms with Crippen molar-refractivity contribution in [1.29, 1.82) is 0 Å². The summed E-state index contributed by atoms with van der Waals surface area (Å²) in [5, 5.41) is 12.7. The largest absolute Gasteiger partial charge is 0.439 e. The van der Waals surface area contributed by atoms with Crippen LogP contribution in [0, 0.1) is 13.8 Å². The Hall–Kier alpha value is -3.15. The van der Waals surface area contributed by atoms with E-state index < -0.39 is 0 Å². The molecule has 2 heterocycles. The highest BCUT2D eigenvalue weighted by Gasteiger charge is 2.10. The van der Waals surface area contributed by atoms with Gasteiger partial charge < -0.3 is 9.94 Å². The van der Waals surface area contributed by atoms with E-state index in [-0.39, 0.29) is 0 Å². The van der Waals surface area contributed by atoms with Crippen LogP contribution in [0.3, 0.4) is 0 Å². The first-order chi connectivity index (χ1) is 12.5. The third kappa shape index (κ3) is 3.91. The number of hydrogen-bond acceptors (Lipinski definition) is 5. The summed E-state index contributed by atoms with van der Waals surface area (Å²) in [6, 6.07) is 9.72. The van der Waals surface area contributed by atoms with Gasteiger partial charge in [-0.1, -0.05) is 25.1 Å². The van der Waals surface area contributed by atoms with E-state index in [1.165, 1.54) is 5.56 Å². The Bertz CT molecular complexity index is 927. The fourth-order valence-corrected chi connectivity index (χ4v) is 2.66. The Morgan fingerprint density at radius 2 is 1.96 bits per heavy atom. The molecule has 0 aliphatic rings. The van der Waals surface area contributed by atoms with E-state index in [0.29, 0.717) is 23.2 Å². The summed E-state index contributed by atoms with van der Waals surface area (Å²) in [6.45, 7) is 8.22. The van der Waals surface area contributed by atoms with E-state index in [4.69, 9.17) is 4.74 Å². The van der Waals surface area contributed by atoms with Gasteiger partial charge in [0.15, 0.2) is 5.84 Å². The molecule has 0 atom stereocenters. The summed E-state index contributed by atoms with van der Waals surface area (Å²) in [6.07, 6.45) is 4.98. The van der Waals surface area contributed by atoms with Crippen molar-refractivity contribution in [3.8, 4) is 11.6 Å². The van der Waals surface area contributed by atoms with E-state index in [1.807, 2.05) is 26.0 Å². The quantitative estimate of drug-likeness (QED) is 0.325. The Kier molecular flexibility index (Phi) is 5.02. The highest BCUT2D eigenvalue weighted by atomic mass is 16.5. The van der Waals surface area contributed by atoms with Crippen LogP contribution in [0.4, 0.5) is 0 Å². The predicted molar refractivity (Wildman–Crippen MR) is 100 cm³/mol. The Balaban J connectivity index is 1.82. The molecule has 0 aliphatic carbocycles. The fourth-order valence-electron chi connectivity index (χ4n) is 2.66. The van der Waals surface area contributed by atoms with Crippen LogP contribution in [0.15, 0.2) is 54.2 Å². The minimum Gasteiger partial charge on any atom is -0.439 e. The van der Waals surface area contributed by atoms with Crippen LogP contribution < -0.4 is 4.74 Å². The molecule has 6 nitrogen and oxygen atoms in total. The minimum absolute atomic E-state index is 0.349. The fraction of sp³-hybridized carbons (Fsp3) is 0.250. The van der Waals surface area contributed by atoms with Crippen LogP contribution in [0.5, 0.6) is 11.6 Å². The first kappa shape index (κ1) is 17.7. The van der Waals surface area contributed by atoms with Crippen LogP contribution in [0.25, 0.3) is 0 Å². The zero-order chi connectivity index (χ0) is 18.7. The van der Waals surface area contributed by atoms with Gasteiger partial charge in [0.25, 0.3) is 0 Å². The number of rotatable bonds is 4. The third-order valence-electron chi connectivity index (χ3n) is 4.01. The maximum Gasteiger partial charge on any atom is 0.219 e. The second-order valence-electron chi connectivity index (χ2n) is 6.57. The van der Waals surface area contributed by atoms with Crippen LogP contribution in [0.1, 0.15) is 42.1 Å². The van der Waals surface area contributed by atoms with Gasteiger partial charge in [-0.25, -0.2) is 9.97 Å². The van der Waals surface area contributed by atoms with Crippen LogP contribution in [0.2, 0.25) is 0 Å². The lowest BCUT2D eigenvalue weighted by molar-refractivity contribution is 0.317. The van der Waals surface area contributed by atoms with E-state index in [2.05, 4.69) is 35.0 Å². The molecule has 0 unspecified atom stereocenters. The first-order valence-electron chi connectivity index (χ1n) is 8.45. The van der Waals surface area contributed by atoms with Gasteiger partial charge in [-0.3, -0.25) is 4.57 Å². The van der Waals surface area contributed by atoms with E-state index in [0.717, 1.165) is 17.0 Å². The second kappa shape index (κ2) is 7.39.